The fourth-order valence-corrected chi connectivity index (χ4v) is 1.44. The number of anilines is 1. The van der Waals surface area contributed by atoms with Gasteiger partial charge in [0.2, 0.25) is 5.91 Å². The lowest BCUT2D eigenvalue weighted by Gasteiger charge is -2.14. The molecule has 0 atom stereocenters. The van der Waals surface area contributed by atoms with Crippen molar-refractivity contribution in [3.05, 3.63) is 24.3 Å². The summed E-state index contributed by atoms with van der Waals surface area (Å²) < 4.78 is 5.03. The SMILES string of the molecule is COc1ccc(NC(=O)CN(C)CCC#N)cc1. The van der Waals surface area contributed by atoms with Gasteiger partial charge in [0.25, 0.3) is 0 Å². The minimum absolute atomic E-state index is 0.0967. The van der Waals surface area contributed by atoms with Gasteiger partial charge in [-0.2, -0.15) is 5.26 Å². The van der Waals surface area contributed by atoms with E-state index in [2.05, 4.69) is 5.32 Å². The number of ether oxygens (including phenoxy) is 1. The van der Waals surface area contributed by atoms with Gasteiger partial charge in [-0.25, -0.2) is 0 Å². The number of methoxy groups -OCH3 is 1. The number of nitriles is 1. The van der Waals surface area contributed by atoms with Crippen molar-refractivity contribution in [2.75, 3.05) is 32.6 Å². The molecule has 18 heavy (non-hydrogen) atoms. The number of hydrogen-bond donors (Lipinski definition) is 1. The summed E-state index contributed by atoms with van der Waals surface area (Å²) in [5.41, 5.74) is 0.731. The third kappa shape index (κ3) is 4.85. The highest BCUT2D eigenvalue weighted by atomic mass is 16.5. The first-order chi connectivity index (χ1) is 8.65. The molecule has 0 heterocycles. The first kappa shape index (κ1) is 14.0. The zero-order valence-electron chi connectivity index (χ0n) is 10.6. The Kier molecular flexibility index (Phi) is 5.68. The van der Waals surface area contributed by atoms with Crippen LogP contribution in [0.2, 0.25) is 0 Å². The summed E-state index contributed by atoms with van der Waals surface area (Å²) in [6.45, 7) is 0.861. The molecule has 0 fully saturated rings. The molecule has 0 bridgehead atoms. The second-order valence-electron chi connectivity index (χ2n) is 3.92. The Hall–Kier alpha value is -2.06. The summed E-state index contributed by atoms with van der Waals surface area (Å²) in [4.78, 5) is 13.5. The molecule has 0 unspecified atom stereocenters. The van der Waals surface area contributed by atoms with Crippen molar-refractivity contribution in [3.63, 3.8) is 0 Å². The molecule has 96 valence electrons. The summed E-state index contributed by atoms with van der Waals surface area (Å²) >= 11 is 0. The van der Waals surface area contributed by atoms with E-state index in [9.17, 15) is 4.79 Å². The second-order valence-corrected chi connectivity index (χ2v) is 3.92. The largest absolute Gasteiger partial charge is 0.497 e. The Bertz CT molecular complexity index is 423. The zero-order valence-corrected chi connectivity index (χ0v) is 10.6. The molecule has 0 aliphatic rings. The maximum absolute atomic E-state index is 11.7. The van der Waals surface area contributed by atoms with Crippen LogP contribution >= 0.6 is 0 Å². The van der Waals surface area contributed by atoms with E-state index in [1.807, 2.05) is 18.0 Å². The Labute approximate surface area is 107 Å². The lowest BCUT2D eigenvalue weighted by Crippen LogP contribution is -2.30. The van der Waals surface area contributed by atoms with E-state index < -0.39 is 0 Å². The topological polar surface area (TPSA) is 65.4 Å². The van der Waals surface area contributed by atoms with E-state index in [0.29, 0.717) is 13.0 Å². The number of benzene rings is 1. The lowest BCUT2D eigenvalue weighted by molar-refractivity contribution is -0.117. The maximum Gasteiger partial charge on any atom is 0.238 e. The smallest absolute Gasteiger partial charge is 0.238 e. The number of rotatable bonds is 6. The summed E-state index contributed by atoms with van der Waals surface area (Å²) in [5, 5.41) is 11.2. The molecule has 1 N–H and O–H groups in total. The molecule has 0 aliphatic heterocycles. The Morgan fingerprint density at radius 1 is 1.44 bits per heavy atom. The Morgan fingerprint density at radius 3 is 2.67 bits per heavy atom. The quantitative estimate of drug-likeness (QED) is 0.827. The molecule has 0 aromatic heterocycles. The molecule has 0 saturated carbocycles. The molecule has 5 heteroatoms. The van der Waals surface area contributed by atoms with Crippen LogP contribution in [0.1, 0.15) is 6.42 Å². The Morgan fingerprint density at radius 2 is 2.11 bits per heavy atom. The molecule has 1 aromatic carbocycles. The predicted octanol–water partition coefficient (Wildman–Crippen LogP) is 1.48. The van der Waals surface area contributed by atoms with Gasteiger partial charge in [0, 0.05) is 18.7 Å². The molecular weight excluding hydrogens is 230 g/mol. The van der Waals surface area contributed by atoms with Crippen molar-refractivity contribution in [1.29, 1.82) is 5.26 Å². The van der Waals surface area contributed by atoms with Gasteiger partial charge in [-0.3, -0.25) is 9.69 Å². The Balaban J connectivity index is 2.41. The van der Waals surface area contributed by atoms with Crippen LogP contribution in [0.5, 0.6) is 5.75 Å². The number of hydrogen-bond acceptors (Lipinski definition) is 4. The van der Waals surface area contributed by atoms with Crippen LogP contribution in [0, 0.1) is 11.3 Å². The van der Waals surface area contributed by atoms with Gasteiger partial charge in [0.05, 0.1) is 19.7 Å². The molecule has 0 saturated heterocycles. The van der Waals surface area contributed by atoms with Crippen molar-refractivity contribution in [2.24, 2.45) is 0 Å². The first-order valence-corrected chi connectivity index (χ1v) is 5.65. The third-order valence-corrected chi connectivity index (χ3v) is 2.39. The van der Waals surface area contributed by atoms with E-state index >= 15 is 0 Å². The van der Waals surface area contributed by atoms with E-state index in [1.165, 1.54) is 0 Å². The number of likely N-dealkylation sites (N-methyl/N-ethyl adjacent to an activating group) is 1. The number of amides is 1. The minimum atomic E-state index is -0.0967. The van der Waals surface area contributed by atoms with Crippen LogP contribution < -0.4 is 10.1 Å². The van der Waals surface area contributed by atoms with Crippen molar-refractivity contribution in [2.45, 2.75) is 6.42 Å². The standard InChI is InChI=1S/C13H17N3O2/c1-16(9-3-8-14)10-13(17)15-11-4-6-12(18-2)7-5-11/h4-7H,3,9-10H2,1-2H3,(H,15,17). The lowest BCUT2D eigenvalue weighted by atomic mass is 10.3. The normalized spacial score (nSPS) is 9.89. The van der Waals surface area contributed by atoms with Gasteiger partial charge < -0.3 is 10.1 Å². The van der Waals surface area contributed by atoms with Crippen molar-refractivity contribution < 1.29 is 9.53 Å². The average molecular weight is 247 g/mol. The van der Waals surface area contributed by atoms with Crippen LogP contribution in [0.15, 0.2) is 24.3 Å². The minimum Gasteiger partial charge on any atom is -0.497 e. The molecular formula is C13H17N3O2. The van der Waals surface area contributed by atoms with Crippen LogP contribution in [0.25, 0.3) is 0 Å². The highest BCUT2D eigenvalue weighted by molar-refractivity contribution is 5.92. The van der Waals surface area contributed by atoms with Crippen molar-refractivity contribution in [3.8, 4) is 11.8 Å². The van der Waals surface area contributed by atoms with Gasteiger partial charge in [0.15, 0.2) is 0 Å². The third-order valence-electron chi connectivity index (χ3n) is 2.39. The van der Waals surface area contributed by atoms with Gasteiger partial charge in [-0.1, -0.05) is 0 Å². The molecule has 5 nitrogen and oxygen atoms in total. The van der Waals surface area contributed by atoms with Crippen LogP contribution in [0.3, 0.4) is 0 Å². The monoisotopic (exact) mass is 247 g/mol. The highest BCUT2D eigenvalue weighted by Gasteiger charge is 2.06. The van der Waals surface area contributed by atoms with Gasteiger partial charge in [0.1, 0.15) is 5.75 Å². The van der Waals surface area contributed by atoms with E-state index in [4.69, 9.17) is 10.00 Å². The molecule has 0 radical (unpaired) electrons. The fourth-order valence-electron chi connectivity index (χ4n) is 1.44. The summed E-state index contributed by atoms with van der Waals surface area (Å²) in [7, 11) is 3.41. The van der Waals surface area contributed by atoms with E-state index in [1.54, 1.807) is 31.4 Å². The molecule has 0 aliphatic carbocycles. The highest BCUT2D eigenvalue weighted by Crippen LogP contribution is 2.14. The average Bonchev–Trinajstić information content (AvgIpc) is 2.37. The van der Waals surface area contributed by atoms with Crippen molar-refractivity contribution >= 4 is 11.6 Å². The van der Waals surface area contributed by atoms with E-state index in [-0.39, 0.29) is 12.5 Å². The summed E-state index contributed by atoms with van der Waals surface area (Å²) in [6.07, 6.45) is 0.423. The fraction of sp³-hybridized carbons (Fsp3) is 0.385. The molecule has 0 spiro atoms. The second kappa shape index (κ2) is 7.30. The zero-order chi connectivity index (χ0) is 13.4. The van der Waals surface area contributed by atoms with Gasteiger partial charge in [-0.05, 0) is 31.3 Å². The summed E-state index contributed by atoms with van der Waals surface area (Å²) in [6, 6.07) is 9.19. The number of carbonyl (C=O) groups excluding carboxylic acids is 1. The number of nitrogens with one attached hydrogen (secondary N) is 1. The molecule has 1 aromatic rings. The van der Waals surface area contributed by atoms with E-state index in [0.717, 1.165) is 11.4 Å². The van der Waals surface area contributed by atoms with Crippen LogP contribution in [-0.4, -0.2) is 38.1 Å². The number of carbonyl (C=O) groups is 1. The summed E-state index contributed by atoms with van der Waals surface area (Å²) in [5.74, 6) is 0.653. The molecule has 1 rings (SSSR count). The molecule has 1 amide bonds. The van der Waals surface area contributed by atoms with Gasteiger partial charge in [-0.15, -0.1) is 0 Å². The number of nitrogens with zero attached hydrogens (tertiary/aromatic N) is 2. The first-order valence-electron chi connectivity index (χ1n) is 5.65. The van der Waals surface area contributed by atoms with Crippen LogP contribution in [0.4, 0.5) is 5.69 Å². The predicted molar refractivity (Wildman–Crippen MR) is 69.4 cm³/mol. The maximum atomic E-state index is 11.7. The van der Waals surface area contributed by atoms with Gasteiger partial charge >= 0.3 is 0 Å². The van der Waals surface area contributed by atoms with Crippen molar-refractivity contribution in [1.82, 2.24) is 4.90 Å². The van der Waals surface area contributed by atoms with Crippen LogP contribution in [-0.2, 0) is 4.79 Å².